The van der Waals surface area contributed by atoms with Crippen molar-refractivity contribution in [3.8, 4) is 22.6 Å². The maximum atomic E-state index is 13.0. The monoisotopic (exact) mass is 495 g/mol. The van der Waals surface area contributed by atoms with Gasteiger partial charge in [0.2, 0.25) is 0 Å². The molecule has 5 aromatic rings. The van der Waals surface area contributed by atoms with Gasteiger partial charge in [-0.2, -0.15) is 5.10 Å². The summed E-state index contributed by atoms with van der Waals surface area (Å²) in [7, 11) is 0. The summed E-state index contributed by atoms with van der Waals surface area (Å²) >= 11 is 3.43. The molecule has 0 unspecified atom stereocenters. The van der Waals surface area contributed by atoms with Crippen molar-refractivity contribution in [1.29, 1.82) is 0 Å². The van der Waals surface area contributed by atoms with E-state index in [1.165, 1.54) is 6.21 Å². The molecule has 0 aliphatic carbocycles. The summed E-state index contributed by atoms with van der Waals surface area (Å²) in [5.41, 5.74) is 6.49. The van der Waals surface area contributed by atoms with Gasteiger partial charge >= 0.3 is 0 Å². The van der Waals surface area contributed by atoms with E-state index in [4.69, 9.17) is 9.40 Å². The molecular weight excluding hydrogens is 478 g/mol. The molecular formula is C27H18BrN3O2. The average Bonchev–Trinajstić information content (AvgIpc) is 3.33. The Hall–Kier alpha value is -4.03. The molecule has 0 saturated carbocycles. The van der Waals surface area contributed by atoms with Crippen molar-refractivity contribution in [3.63, 3.8) is 0 Å². The average molecular weight is 496 g/mol. The fraction of sp³-hybridized carbons (Fsp3) is 0. The van der Waals surface area contributed by atoms with E-state index in [0.717, 1.165) is 38.0 Å². The minimum Gasteiger partial charge on any atom is -0.455 e. The van der Waals surface area contributed by atoms with Crippen molar-refractivity contribution in [2.45, 2.75) is 0 Å². The first-order valence-corrected chi connectivity index (χ1v) is 11.1. The van der Waals surface area contributed by atoms with Crippen molar-refractivity contribution in [2.75, 3.05) is 0 Å². The topological polar surface area (TPSA) is 67.5 Å². The number of furan rings is 1. The minimum absolute atomic E-state index is 0.318. The molecule has 0 aliphatic rings. The second-order valence-corrected chi connectivity index (χ2v) is 8.26. The van der Waals surface area contributed by atoms with Crippen LogP contribution in [0.25, 0.3) is 33.5 Å². The standard InChI is InChI=1S/C27H18BrN3O2/c28-20-12-10-19(11-13-20)26-15-14-21(33-26)17-29-31-27(32)23-16-25(18-6-2-1-3-7-18)30-24-9-5-4-8-22(23)24/h1-17H,(H,31,32)/b29-17-. The maximum absolute atomic E-state index is 13.0. The normalized spacial score (nSPS) is 11.2. The van der Waals surface area contributed by atoms with Crippen LogP contribution >= 0.6 is 15.9 Å². The summed E-state index contributed by atoms with van der Waals surface area (Å²) < 4.78 is 6.82. The number of carbonyl (C=O) groups is 1. The highest BCUT2D eigenvalue weighted by Gasteiger charge is 2.13. The third-order valence-electron chi connectivity index (χ3n) is 5.14. The number of aromatic nitrogens is 1. The van der Waals surface area contributed by atoms with Gasteiger partial charge in [-0.3, -0.25) is 4.79 Å². The molecule has 5 nitrogen and oxygen atoms in total. The number of hydrogen-bond donors (Lipinski definition) is 1. The third-order valence-corrected chi connectivity index (χ3v) is 5.67. The van der Waals surface area contributed by atoms with Gasteiger partial charge in [0.25, 0.3) is 5.91 Å². The first kappa shape index (κ1) is 20.8. The highest BCUT2D eigenvalue weighted by atomic mass is 79.9. The van der Waals surface area contributed by atoms with Crippen molar-refractivity contribution in [3.05, 3.63) is 113 Å². The Morgan fingerprint density at radius 1 is 0.879 bits per heavy atom. The van der Waals surface area contributed by atoms with Crippen molar-refractivity contribution < 1.29 is 9.21 Å². The molecule has 5 rings (SSSR count). The lowest BCUT2D eigenvalue weighted by Crippen LogP contribution is -2.18. The lowest BCUT2D eigenvalue weighted by Gasteiger charge is -2.09. The van der Waals surface area contributed by atoms with Crippen molar-refractivity contribution in [2.24, 2.45) is 5.10 Å². The van der Waals surface area contributed by atoms with Gasteiger partial charge in [-0.25, -0.2) is 10.4 Å². The highest BCUT2D eigenvalue weighted by Crippen LogP contribution is 2.25. The van der Waals surface area contributed by atoms with Crippen LogP contribution in [0.15, 0.2) is 111 Å². The Morgan fingerprint density at radius 3 is 2.45 bits per heavy atom. The number of fused-ring (bicyclic) bond motifs is 1. The summed E-state index contributed by atoms with van der Waals surface area (Å²) in [5.74, 6) is 0.947. The summed E-state index contributed by atoms with van der Waals surface area (Å²) in [6.07, 6.45) is 1.49. The first-order valence-electron chi connectivity index (χ1n) is 10.3. The molecule has 2 heterocycles. The first-order chi connectivity index (χ1) is 16.2. The van der Waals surface area contributed by atoms with Gasteiger partial charge in [0.15, 0.2) is 0 Å². The molecule has 1 amide bonds. The van der Waals surface area contributed by atoms with Gasteiger partial charge in [0.05, 0.1) is 23.0 Å². The molecule has 0 aliphatic heterocycles. The molecule has 0 spiro atoms. The number of benzene rings is 3. The van der Waals surface area contributed by atoms with Gasteiger partial charge in [-0.15, -0.1) is 0 Å². The second kappa shape index (κ2) is 9.22. The van der Waals surface area contributed by atoms with Crippen LogP contribution in [0.1, 0.15) is 16.1 Å². The van der Waals surface area contributed by atoms with E-state index in [2.05, 4.69) is 26.5 Å². The molecule has 3 aromatic carbocycles. The van der Waals surface area contributed by atoms with Gasteiger partial charge in [0, 0.05) is 21.0 Å². The number of hydrazone groups is 1. The number of rotatable bonds is 5. The Kier molecular flexibility index (Phi) is 5.83. The Labute approximate surface area is 198 Å². The molecule has 0 radical (unpaired) electrons. The van der Waals surface area contributed by atoms with Gasteiger partial charge < -0.3 is 4.42 Å². The van der Waals surface area contributed by atoms with E-state index in [1.54, 1.807) is 6.07 Å². The van der Waals surface area contributed by atoms with Crippen LogP contribution in [0, 0.1) is 0 Å². The fourth-order valence-electron chi connectivity index (χ4n) is 3.53. The number of nitrogens with one attached hydrogen (secondary N) is 1. The Balaban J connectivity index is 1.38. The second-order valence-electron chi connectivity index (χ2n) is 7.35. The van der Waals surface area contributed by atoms with Crippen LogP contribution < -0.4 is 5.43 Å². The summed E-state index contributed by atoms with van der Waals surface area (Å²) in [6.45, 7) is 0. The molecule has 33 heavy (non-hydrogen) atoms. The Morgan fingerprint density at radius 2 is 1.64 bits per heavy atom. The van der Waals surface area contributed by atoms with Crippen LogP contribution in [0.4, 0.5) is 0 Å². The summed E-state index contributed by atoms with van der Waals surface area (Å²) in [6, 6.07) is 30.7. The number of halogens is 1. The van der Waals surface area contributed by atoms with E-state index < -0.39 is 0 Å². The van der Waals surface area contributed by atoms with E-state index in [-0.39, 0.29) is 5.91 Å². The molecule has 1 N–H and O–H groups in total. The quantitative estimate of drug-likeness (QED) is 0.218. The zero-order valence-corrected chi connectivity index (χ0v) is 19.0. The number of carbonyl (C=O) groups excluding carboxylic acids is 1. The SMILES string of the molecule is O=C(N/N=C\c1ccc(-c2ccc(Br)cc2)o1)c1cc(-c2ccccc2)nc2ccccc12. The predicted octanol–water partition coefficient (Wildman–Crippen LogP) is 6.69. The number of hydrogen-bond acceptors (Lipinski definition) is 4. The van der Waals surface area contributed by atoms with Crippen LogP contribution in [-0.2, 0) is 0 Å². The summed E-state index contributed by atoms with van der Waals surface area (Å²) in [4.78, 5) is 17.7. The largest absolute Gasteiger partial charge is 0.455 e. The van der Waals surface area contributed by atoms with E-state index in [0.29, 0.717) is 11.3 Å². The zero-order valence-electron chi connectivity index (χ0n) is 17.4. The fourth-order valence-corrected chi connectivity index (χ4v) is 3.79. The van der Waals surface area contributed by atoms with Gasteiger partial charge in [-0.05, 0) is 36.4 Å². The van der Waals surface area contributed by atoms with E-state index >= 15 is 0 Å². The highest BCUT2D eigenvalue weighted by molar-refractivity contribution is 9.10. The predicted molar refractivity (Wildman–Crippen MR) is 134 cm³/mol. The molecule has 0 atom stereocenters. The van der Waals surface area contributed by atoms with Gasteiger partial charge in [0.1, 0.15) is 11.5 Å². The minimum atomic E-state index is -0.318. The Bertz CT molecular complexity index is 1460. The molecule has 2 aromatic heterocycles. The van der Waals surface area contributed by atoms with Gasteiger partial charge in [-0.1, -0.05) is 76.6 Å². The smallest absolute Gasteiger partial charge is 0.272 e. The molecule has 6 heteroatoms. The number of amides is 1. The van der Waals surface area contributed by atoms with E-state index in [1.807, 2.05) is 91.0 Å². The lowest BCUT2D eigenvalue weighted by atomic mass is 10.0. The third kappa shape index (κ3) is 4.61. The number of para-hydroxylation sites is 1. The molecule has 0 saturated heterocycles. The molecule has 160 valence electrons. The number of pyridine rings is 1. The van der Waals surface area contributed by atoms with Crippen LogP contribution in [0.5, 0.6) is 0 Å². The molecule has 0 fully saturated rings. The summed E-state index contributed by atoms with van der Waals surface area (Å²) in [5, 5.41) is 4.87. The van der Waals surface area contributed by atoms with Crippen molar-refractivity contribution in [1.82, 2.24) is 10.4 Å². The van der Waals surface area contributed by atoms with Crippen molar-refractivity contribution >= 4 is 39.0 Å². The van der Waals surface area contributed by atoms with Crippen LogP contribution in [-0.4, -0.2) is 17.1 Å². The maximum Gasteiger partial charge on any atom is 0.272 e. The zero-order chi connectivity index (χ0) is 22.6. The van der Waals surface area contributed by atoms with E-state index in [9.17, 15) is 4.79 Å². The number of nitrogens with zero attached hydrogens (tertiary/aromatic N) is 2. The van der Waals surface area contributed by atoms with Crippen LogP contribution in [0.3, 0.4) is 0 Å². The van der Waals surface area contributed by atoms with Crippen LogP contribution in [0.2, 0.25) is 0 Å². The molecule has 0 bridgehead atoms. The lowest BCUT2D eigenvalue weighted by molar-refractivity contribution is 0.0956.